The standard InChI is InChI=1S/C21H17Cl2F2N3O6S2.C20H15Cl2F2N3O6S2.BBr3/c1-33-16-3-2-12(6-17(16)36(31,32)27-10-8-35-9-10)34-20-13(22)4-11(5-14(20)23)28-18(30)7-15(29)19(26-28)21(24)25;21-12-3-10(27-17(30)6-15(29)18(25-27)20(23)24)4-13(22)19(12)33-11-1-2-14(28)16(5-11)35(31,32)26-9-7-34-8-9;2-1(3)4/h2-6,10,21,27H,7-9H2,1H3;1-5,9,20,26,28H,6-8H2;. The molecule has 0 saturated carbocycles. The molecule has 0 radical (unpaired) electrons. The van der Waals surface area contributed by atoms with E-state index in [9.17, 15) is 58.7 Å². The minimum Gasteiger partial charge on any atom is -0.507 e. The Morgan fingerprint density at radius 1 is 0.653 bits per heavy atom. The van der Waals surface area contributed by atoms with Crippen LogP contribution in [0, 0.1) is 0 Å². The van der Waals surface area contributed by atoms with Crippen molar-refractivity contribution in [2.24, 2.45) is 10.2 Å². The number of methoxy groups -OCH3 is 1. The second-order valence-electron chi connectivity index (χ2n) is 15.3. The van der Waals surface area contributed by atoms with Gasteiger partial charge in [-0.3, -0.25) is 19.2 Å². The number of amides is 2. The van der Waals surface area contributed by atoms with Gasteiger partial charge in [-0.2, -0.15) is 43.7 Å². The summed E-state index contributed by atoms with van der Waals surface area (Å²) in [4.78, 5) is 47.1. The Morgan fingerprint density at radius 3 is 1.36 bits per heavy atom. The number of carbonyl (C=O) groups excluding carboxylic acids is 4. The Hall–Kier alpha value is -3.40. The number of nitrogens with one attached hydrogen (secondary N) is 2. The fourth-order valence-electron chi connectivity index (χ4n) is 6.42. The maximum absolute atomic E-state index is 13.1. The molecule has 3 N–H and O–H groups in total. The van der Waals surface area contributed by atoms with E-state index in [0.717, 1.165) is 24.3 Å². The van der Waals surface area contributed by atoms with E-state index in [2.05, 4.69) is 66.9 Å². The maximum atomic E-state index is 13.1. The van der Waals surface area contributed by atoms with Gasteiger partial charge >= 0.3 is 3.18 Å². The number of hydrogen-bond acceptors (Lipinski definition) is 16. The number of aromatic hydroxyl groups is 1. The third-order valence-electron chi connectivity index (χ3n) is 9.96. The van der Waals surface area contributed by atoms with E-state index in [1.54, 1.807) is 23.5 Å². The van der Waals surface area contributed by atoms with Crippen molar-refractivity contribution >= 4 is 187 Å². The summed E-state index contributed by atoms with van der Waals surface area (Å²) < 4.78 is 125. The Labute approximate surface area is 478 Å². The first-order valence-corrected chi connectivity index (χ1v) is 30.2. The summed E-state index contributed by atoms with van der Waals surface area (Å²) in [6.45, 7) is 0. The van der Waals surface area contributed by atoms with Gasteiger partial charge in [0, 0.05) is 47.2 Å². The Kier molecular flexibility index (Phi) is 21.1. The summed E-state index contributed by atoms with van der Waals surface area (Å²) in [7, 11) is -6.63. The molecule has 2 amide bonds. The minimum absolute atomic E-state index is 0.0274. The molecular formula is C41H32BBr3Cl4F4N6O12S4. The van der Waals surface area contributed by atoms with Gasteiger partial charge in [-0.15, -0.1) is 47.3 Å². The maximum Gasteiger partial charge on any atom is 0.369 e. The van der Waals surface area contributed by atoms with Gasteiger partial charge in [-0.25, -0.2) is 43.8 Å². The topological polar surface area (TPSA) is 240 Å². The molecule has 4 aromatic rings. The van der Waals surface area contributed by atoms with Crippen molar-refractivity contribution in [1.82, 2.24) is 9.44 Å². The second-order valence-corrected chi connectivity index (χ2v) is 28.8. The van der Waals surface area contributed by atoms with Gasteiger partial charge in [-0.1, -0.05) is 46.4 Å². The molecule has 0 spiro atoms. The first kappa shape index (κ1) is 60.8. The third kappa shape index (κ3) is 15.5. The predicted molar refractivity (Wildman–Crippen MR) is 291 cm³/mol. The van der Waals surface area contributed by atoms with E-state index < -0.39 is 91.2 Å². The van der Waals surface area contributed by atoms with Crippen LogP contribution in [0.5, 0.6) is 34.5 Å². The van der Waals surface area contributed by atoms with Gasteiger partial charge in [0.05, 0.1) is 51.4 Å². The number of halogens is 11. The predicted octanol–water partition coefficient (Wildman–Crippen LogP) is 10.1. The number of carbonyl (C=O) groups is 4. The first-order chi connectivity index (χ1) is 35.2. The molecule has 0 unspecified atom stereocenters. The van der Waals surface area contributed by atoms with E-state index in [1.165, 1.54) is 43.5 Å². The average molecular weight is 1400 g/mol. The number of Topliss-reactive ketones (excluding diaryl/α,β-unsaturated/α-hetero) is 2. The Morgan fingerprint density at radius 2 is 1.01 bits per heavy atom. The van der Waals surface area contributed by atoms with Crippen molar-refractivity contribution in [1.29, 1.82) is 0 Å². The first-order valence-electron chi connectivity index (χ1n) is 20.6. The van der Waals surface area contributed by atoms with Crippen molar-refractivity contribution in [2.75, 3.05) is 40.1 Å². The summed E-state index contributed by atoms with van der Waals surface area (Å²) in [6, 6.07) is 11.9. The lowest BCUT2D eigenvalue weighted by Gasteiger charge is -2.26. The van der Waals surface area contributed by atoms with Crippen LogP contribution in [-0.4, -0.2) is 115 Å². The average Bonchev–Trinajstić information content (AvgIpc) is 3.29. The second kappa shape index (κ2) is 26.0. The number of ether oxygens (including phenoxy) is 3. The minimum atomic E-state index is -4.04. The number of hydrogen-bond donors (Lipinski definition) is 3. The van der Waals surface area contributed by atoms with E-state index in [-0.39, 0.29) is 80.4 Å². The van der Waals surface area contributed by atoms with Crippen molar-refractivity contribution in [3.05, 3.63) is 80.8 Å². The molecule has 4 heterocycles. The van der Waals surface area contributed by atoms with Crippen LogP contribution in [0.4, 0.5) is 28.9 Å². The number of sulfonamides is 2. The molecule has 0 aromatic heterocycles. The lowest BCUT2D eigenvalue weighted by Crippen LogP contribution is -2.43. The van der Waals surface area contributed by atoms with Gasteiger partial charge in [-0.05, 0) is 48.5 Å². The summed E-state index contributed by atoms with van der Waals surface area (Å²) in [5, 5.41) is 17.6. The highest BCUT2D eigenvalue weighted by atomic mass is 79.9. The molecule has 0 bridgehead atoms. The Balaban J connectivity index is 0.000000228. The lowest BCUT2D eigenvalue weighted by atomic mass is 10.1. The van der Waals surface area contributed by atoms with Gasteiger partial charge < -0.3 is 19.3 Å². The fraction of sp³-hybridized carbons (Fsp3) is 0.268. The highest BCUT2D eigenvalue weighted by molar-refractivity contribution is 9.69. The number of anilines is 2. The van der Waals surface area contributed by atoms with Gasteiger partial charge in [0.1, 0.15) is 32.8 Å². The molecule has 75 heavy (non-hydrogen) atoms. The number of ketones is 2. The SMILES string of the molecule is BrB(Br)Br.COc1ccc(Oc2c(Cl)cc(N3N=C(C(F)F)C(=O)CC3=O)cc2Cl)cc1S(=O)(=O)NC1CSC1.O=C1CC(=O)N(c2cc(Cl)c(Oc3ccc(O)c(S(=O)(=O)NC4CSC4)c3)c(Cl)c2)N=C1C(F)F. The molecule has 4 aliphatic rings. The normalized spacial score (nSPS) is 16.3. The molecule has 2 saturated heterocycles. The quantitative estimate of drug-likeness (QED) is 0.0570. The molecule has 8 rings (SSSR count). The van der Waals surface area contributed by atoms with Crippen LogP contribution in [0.25, 0.3) is 0 Å². The molecule has 402 valence electrons. The summed E-state index contributed by atoms with van der Waals surface area (Å²) >= 11 is 37.6. The number of nitrogens with zero attached hydrogens (tertiary/aromatic N) is 4. The molecule has 4 aliphatic heterocycles. The number of phenols is 1. The van der Waals surface area contributed by atoms with Crippen LogP contribution in [0.3, 0.4) is 0 Å². The van der Waals surface area contributed by atoms with E-state index in [4.69, 9.17) is 60.6 Å². The van der Waals surface area contributed by atoms with Crippen molar-refractivity contribution < 1.29 is 72.9 Å². The molecule has 34 heteroatoms. The van der Waals surface area contributed by atoms with Crippen LogP contribution in [0.15, 0.2) is 80.7 Å². The van der Waals surface area contributed by atoms with Crippen LogP contribution in [0.2, 0.25) is 20.1 Å². The largest absolute Gasteiger partial charge is 0.507 e. The molecule has 0 atom stereocenters. The fourth-order valence-corrected chi connectivity index (χ4v) is 12.0. The highest BCUT2D eigenvalue weighted by Gasteiger charge is 2.36. The molecule has 2 fully saturated rings. The van der Waals surface area contributed by atoms with Gasteiger partial charge in [0.15, 0.2) is 34.5 Å². The number of hydrazone groups is 2. The van der Waals surface area contributed by atoms with Gasteiger partial charge in [0.25, 0.3) is 24.7 Å². The number of rotatable bonds is 15. The zero-order chi connectivity index (χ0) is 55.3. The number of thioether (sulfide) groups is 2. The number of phenolic OH excluding ortho intramolecular Hbond substituents is 1. The molecule has 18 nitrogen and oxygen atoms in total. The summed E-state index contributed by atoms with van der Waals surface area (Å²) in [5.74, 6) is -1.87. The van der Waals surface area contributed by atoms with Crippen LogP contribution >= 0.6 is 117 Å². The lowest BCUT2D eigenvalue weighted by molar-refractivity contribution is -0.126. The summed E-state index contributed by atoms with van der Waals surface area (Å²) in [6.07, 6.45) is -7.92. The van der Waals surface area contributed by atoms with E-state index in [1.807, 2.05) is 0 Å². The van der Waals surface area contributed by atoms with Crippen LogP contribution in [0.1, 0.15) is 12.8 Å². The van der Waals surface area contributed by atoms with E-state index >= 15 is 0 Å². The van der Waals surface area contributed by atoms with Crippen molar-refractivity contribution in [2.45, 2.75) is 47.6 Å². The number of benzene rings is 4. The van der Waals surface area contributed by atoms with Crippen LogP contribution in [-0.2, 0) is 39.2 Å². The Bertz CT molecular complexity index is 3160. The van der Waals surface area contributed by atoms with E-state index in [0.29, 0.717) is 33.0 Å². The monoisotopic (exact) mass is 1390 g/mol. The van der Waals surface area contributed by atoms with Crippen LogP contribution < -0.4 is 33.7 Å². The number of alkyl halides is 4. The highest BCUT2D eigenvalue weighted by Crippen LogP contribution is 2.44. The van der Waals surface area contributed by atoms with Crippen molar-refractivity contribution in [3.8, 4) is 34.5 Å². The molecular weight excluding hydrogens is 1370 g/mol. The molecule has 0 aliphatic carbocycles. The summed E-state index contributed by atoms with van der Waals surface area (Å²) in [5.41, 5.74) is -2.26. The zero-order valence-corrected chi connectivity index (χ0v) is 48.5. The molecule has 4 aromatic carbocycles. The smallest absolute Gasteiger partial charge is 0.369 e. The zero-order valence-electron chi connectivity index (χ0n) is 37.4. The van der Waals surface area contributed by atoms with Gasteiger partial charge in [0.2, 0.25) is 20.0 Å². The third-order valence-corrected chi connectivity index (χ3v) is 16.7. The van der Waals surface area contributed by atoms with Crippen molar-refractivity contribution in [3.63, 3.8) is 0 Å².